The Hall–Kier alpha value is -2.04. The number of thioether (sulfide) groups is 1. The first-order valence-corrected chi connectivity index (χ1v) is 11.0. The lowest BCUT2D eigenvalue weighted by Gasteiger charge is -2.13. The number of hydrogen-bond acceptors (Lipinski definition) is 8. The predicted octanol–water partition coefficient (Wildman–Crippen LogP) is 4.09. The molecule has 2 aromatic rings. The molecule has 148 valence electrons. The van der Waals surface area contributed by atoms with Crippen LogP contribution in [0.25, 0.3) is 6.08 Å². The summed E-state index contributed by atoms with van der Waals surface area (Å²) in [5, 5.41) is 12.3. The number of amides is 2. The molecular weight excluding hydrogens is 416 g/mol. The van der Waals surface area contributed by atoms with Crippen LogP contribution < -0.4 is 5.32 Å². The number of nitrogens with one attached hydrogen (secondary N) is 1. The molecule has 0 unspecified atom stereocenters. The van der Waals surface area contributed by atoms with E-state index in [1.54, 1.807) is 24.5 Å². The van der Waals surface area contributed by atoms with Crippen LogP contribution in [0.4, 0.5) is 5.13 Å². The van der Waals surface area contributed by atoms with Gasteiger partial charge in [0.25, 0.3) is 5.91 Å². The fourth-order valence-electron chi connectivity index (χ4n) is 2.51. The molecule has 10 heteroatoms. The Morgan fingerprint density at radius 1 is 1.39 bits per heavy atom. The lowest BCUT2D eigenvalue weighted by atomic mass is 10.2. The number of aromatic nitrogens is 2. The second-order valence-electron chi connectivity index (χ2n) is 6.11. The molecule has 0 spiro atoms. The van der Waals surface area contributed by atoms with Crippen LogP contribution in [0.15, 0.2) is 27.7 Å². The Kier molecular flexibility index (Phi) is 7.35. The van der Waals surface area contributed by atoms with Gasteiger partial charge in [-0.05, 0) is 25.0 Å². The van der Waals surface area contributed by atoms with Crippen LogP contribution >= 0.6 is 35.3 Å². The third kappa shape index (κ3) is 5.49. The predicted molar refractivity (Wildman–Crippen MR) is 115 cm³/mol. The Bertz CT molecular complexity index is 877. The van der Waals surface area contributed by atoms with Gasteiger partial charge in [0.1, 0.15) is 15.1 Å². The van der Waals surface area contributed by atoms with Crippen LogP contribution in [-0.2, 0) is 16.0 Å². The van der Waals surface area contributed by atoms with Crippen LogP contribution in [0.2, 0.25) is 0 Å². The maximum absolute atomic E-state index is 12.5. The SMILES string of the molecule is CCCCc1nnc(NC(=O)CCCN2C(=O)C(=Cc3ccco3)SC2=S)s1. The summed E-state index contributed by atoms with van der Waals surface area (Å²) in [7, 11) is 0. The molecule has 28 heavy (non-hydrogen) atoms. The highest BCUT2D eigenvalue weighted by Crippen LogP contribution is 2.32. The average molecular weight is 437 g/mol. The number of furan rings is 1. The largest absolute Gasteiger partial charge is 0.465 e. The number of carbonyl (C=O) groups excluding carboxylic acids is 2. The smallest absolute Gasteiger partial charge is 0.266 e. The van der Waals surface area contributed by atoms with Gasteiger partial charge in [0.05, 0.1) is 11.2 Å². The van der Waals surface area contributed by atoms with Gasteiger partial charge in [-0.3, -0.25) is 14.5 Å². The van der Waals surface area contributed by atoms with Gasteiger partial charge in [0, 0.05) is 25.5 Å². The molecule has 1 aliphatic heterocycles. The average Bonchev–Trinajstić information content (AvgIpc) is 3.39. The van der Waals surface area contributed by atoms with Crippen LogP contribution in [-0.4, -0.2) is 37.8 Å². The molecule has 0 atom stereocenters. The van der Waals surface area contributed by atoms with Crippen molar-refractivity contribution in [3.63, 3.8) is 0 Å². The van der Waals surface area contributed by atoms with Gasteiger partial charge in [-0.2, -0.15) is 0 Å². The number of nitrogens with zero attached hydrogens (tertiary/aromatic N) is 3. The van der Waals surface area contributed by atoms with E-state index < -0.39 is 0 Å². The van der Waals surface area contributed by atoms with E-state index in [4.69, 9.17) is 16.6 Å². The Balaban J connectivity index is 1.45. The Morgan fingerprint density at radius 2 is 2.25 bits per heavy atom. The van der Waals surface area contributed by atoms with E-state index in [0.29, 0.717) is 33.1 Å². The highest BCUT2D eigenvalue weighted by Gasteiger charge is 2.31. The van der Waals surface area contributed by atoms with E-state index >= 15 is 0 Å². The molecule has 7 nitrogen and oxygen atoms in total. The Labute approximate surface area is 176 Å². The van der Waals surface area contributed by atoms with Gasteiger partial charge in [-0.15, -0.1) is 10.2 Å². The molecular formula is C18H20N4O3S3. The monoisotopic (exact) mass is 436 g/mol. The second-order valence-corrected chi connectivity index (χ2v) is 8.84. The zero-order valence-corrected chi connectivity index (χ0v) is 17.8. The minimum absolute atomic E-state index is 0.144. The van der Waals surface area contributed by atoms with Crippen molar-refractivity contribution in [3.05, 3.63) is 34.1 Å². The summed E-state index contributed by atoms with van der Waals surface area (Å²) in [6.07, 6.45) is 7.04. The van der Waals surface area contributed by atoms with Gasteiger partial charge in [0.15, 0.2) is 0 Å². The van der Waals surface area contributed by atoms with Crippen molar-refractivity contribution < 1.29 is 14.0 Å². The maximum Gasteiger partial charge on any atom is 0.266 e. The quantitative estimate of drug-likeness (QED) is 0.468. The number of thiocarbonyl (C=S) groups is 1. The third-order valence-corrected chi connectivity index (χ3v) is 6.21. The molecule has 1 fully saturated rings. The highest BCUT2D eigenvalue weighted by molar-refractivity contribution is 8.26. The molecule has 0 saturated carbocycles. The zero-order chi connectivity index (χ0) is 19.9. The van der Waals surface area contributed by atoms with Crippen LogP contribution in [0.5, 0.6) is 0 Å². The molecule has 2 amide bonds. The molecule has 3 heterocycles. The second kappa shape index (κ2) is 9.94. The molecule has 0 bridgehead atoms. The molecule has 1 aliphatic rings. The number of rotatable bonds is 9. The van der Waals surface area contributed by atoms with Gasteiger partial charge in [-0.1, -0.05) is 48.7 Å². The van der Waals surface area contributed by atoms with E-state index in [2.05, 4.69) is 22.4 Å². The molecule has 0 radical (unpaired) electrons. The first-order chi connectivity index (χ1) is 13.6. The standard InChI is InChI=1S/C18H20N4O3S3/c1-2-3-8-15-20-21-17(28-15)19-14(23)7-4-9-22-16(24)13(27-18(22)26)11-12-6-5-10-25-12/h5-6,10-11H,2-4,7-9H2,1H3,(H,19,21,23). The fraction of sp³-hybridized carbons (Fsp3) is 0.389. The van der Waals surface area contributed by atoms with Crippen molar-refractivity contribution in [1.82, 2.24) is 15.1 Å². The topological polar surface area (TPSA) is 88.3 Å². The summed E-state index contributed by atoms with van der Waals surface area (Å²) in [6.45, 7) is 2.51. The van der Waals surface area contributed by atoms with E-state index in [0.717, 1.165) is 24.3 Å². The Morgan fingerprint density at radius 3 is 3.00 bits per heavy atom. The van der Waals surface area contributed by atoms with E-state index in [1.807, 2.05) is 0 Å². The van der Waals surface area contributed by atoms with E-state index in [9.17, 15) is 9.59 Å². The minimum Gasteiger partial charge on any atom is -0.465 e. The minimum atomic E-state index is -0.156. The van der Waals surface area contributed by atoms with Gasteiger partial charge in [-0.25, -0.2) is 0 Å². The van der Waals surface area contributed by atoms with Crippen LogP contribution in [0.3, 0.4) is 0 Å². The zero-order valence-electron chi connectivity index (χ0n) is 15.3. The molecule has 0 aliphatic carbocycles. The van der Waals surface area contributed by atoms with Crippen LogP contribution in [0.1, 0.15) is 43.4 Å². The molecule has 0 aromatic carbocycles. The van der Waals surface area contributed by atoms with Crippen molar-refractivity contribution in [2.24, 2.45) is 0 Å². The number of anilines is 1. The van der Waals surface area contributed by atoms with E-state index in [-0.39, 0.29) is 18.2 Å². The first-order valence-electron chi connectivity index (χ1n) is 8.98. The molecule has 1 N–H and O–H groups in total. The maximum atomic E-state index is 12.5. The summed E-state index contributed by atoms with van der Waals surface area (Å²) >= 11 is 7.94. The van der Waals surface area contributed by atoms with E-state index in [1.165, 1.54) is 28.0 Å². The third-order valence-electron chi connectivity index (χ3n) is 3.93. The number of unbranched alkanes of at least 4 members (excludes halogenated alkanes) is 1. The van der Waals surface area contributed by atoms with Crippen molar-refractivity contribution in [2.45, 2.75) is 39.0 Å². The summed E-state index contributed by atoms with van der Waals surface area (Å²) in [5.41, 5.74) is 0. The lowest BCUT2D eigenvalue weighted by molar-refractivity contribution is -0.122. The first kappa shape index (κ1) is 20.7. The normalized spacial score (nSPS) is 15.6. The lowest BCUT2D eigenvalue weighted by Crippen LogP contribution is -2.29. The van der Waals surface area contributed by atoms with Crippen LogP contribution in [0, 0.1) is 0 Å². The number of hydrogen-bond donors (Lipinski definition) is 1. The summed E-state index contributed by atoms with van der Waals surface area (Å²) in [6, 6.07) is 3.54. The number of aryl methyl sites for hydroxylation is 1. The summed E-state index contributed by atoms with van der Waals surface area (Å²) < 4.78 is 5.73. The fourth-order valence-corrected chi connectivity index (χ4v) is 4.59. The van der Waals surface area contributed by atoms with Crippen molar-refractivity contribution >= 4 is 62.7 Å². The summed E-state index contributed by atoms with van der Waals surface area (Å²) in [4.78, 5) is 26.6. The van der Waals surface area contributed by atoms with Gasteiger partial charge >= 0.3 is 0 Å². The highest BCUT2D eigenvalue weighted by atomic mass is 32.2. The molecule has 1 saturated heterocycles. The van der Waals surface area contributed by atoms with Gasteiger partial charge in [0.2, 0.25) is 11.0 Å². The van der Waals surface area contributed by atoms with Crippen molar-refractivity contribution in [1.29, 1.82) is 0 Å². The van der Waals surface area contributed by atoms with Crippen molar-refractivity contribution in [3.8, 4) is 0 Å². The van der Waals surface area contributed by atoms with Gasteiger partial charge < -0.3 is 9.73 Å². The number of carbonyl (C=O) groups is 2. The molecule has 3 rings (SSSR count). The summed E-state index contributed by atoms with van der Waals surface area (Å²) in [5.74, 6) is 0.307. The molecule has 2 aromatic heterocycles. The van der Waals surface area contributed by atoms with Crippen molar-refractivity contribution in [2.75, 3.05) is 11.9 Å².